The van der Waals surface area contributed by atoms with Gasteiger partial charge in [-0.2, -0.15) is 11.8 Å². The van der Waals surface area contributed by atoms with Crippen molar-refractivity contribution in [2.75, 3.05) is 18.8 Å². The maximum Gasteiger partial charge on any atom is 0.287 e. The molecule has 0 radical (unpaired) electrons. The molecule has 0 saturated carbocycles. The summed E-state index contributed by atoms with van der Waals surface area (Å²) >= 11 is 2.02. The molecule has 8 heteroatoms. The maximum absolute atomic E-state index is 11.3. The van der Waals surface area contributed by atoms with Gasteiger partial charge in [-0.25, -0.2) is 5.84 Å². The minimum absolute atomic E-state index is 0.248. The van der Waals surface area contributed by atoms with Crippen LogP contribution in [0.3, 0.4) is 0 Å². The molecule has 1 aromatic rings. The average Bonchev–Trinajstić information content (AvgIpc) is 2.88. The minimum atomic E-state index is -0.414. The molecular formula is C11H20N6OS. The van der Waals surface area contributed by atoms with Crippen LogP contribution >= 0.6 is 11.8 Å². The molecular weight excluding hydrogens is 264 g/mol. The number of hydrogen-bond donors (Lipinski definition) is 2. The van der Waals surface area contributed by atoms with Gasteiger partial charge in [0, 0.05) is 30.1 Å². The fourth-order valence-electron chi connectivity index (χ4n) is 2.13. The Bertz CT molecular complexity index is 437. The highest BCUT2D eigenvalue weighted by atomic mass is 32.2. The molecule has 0 aliphatic carbocycles. The van der Waals surface area contributed by atoms with Crippen molar-refractivity contribution >= 4 is 17.7 Å². The molecule has 0 aromatic carbocycles. The molecule has 1 aliphatic heterocycles. The molecule has 2 atom stereocenters. The number of nitrogen functional groups attached to an aromatic ring is 1. The first-order valence-corrected chi connectivity index (χ1v) is 7.43. The number of nitrogens with zero attached hydrogens (tertiary/aromatic N) is 4. The van der Waals surface area contributed by atoms with E-state index in [0.29, 0.717) is 11.3 Å². The molecule has 1 amide bonds. The zero-order chi connectivity index (χ0) is 13.8. The lowest BCUT2D eigenvalue weighted by molar-refractivity contribution is 0.0948. The zero-order valence-electron chi connectivity index (χ0n) is 11.2. The largest absolute Gasteiger partial charge is 0.297 e. The number of aromatic nitrogens is 3. The van der Waals surface area contributed by atoms with E-state index < -0.39 is 5.91 Å². The highest BCUT2D eigenvalue weighted by Gasteiger charge is 2.24. The normalized spacial score (nSPS) is 24.4. The Labute approximate surface area is 116 Å². The minimum Gasteiger partial charge on any atom is -0.297 e. The quantitative estimate of drug-likeness (QED) is 0.448. The second-order valence-electron chi connectivity index (χ2n) is 4.69. The van der Waals surface area contributed by atoms with Crippen molar-refractivity contribution in [1.82, 2.24) is 25.3 Å². The molecule has 1 aliphatic rings. The van der Waals surface area contributed by atoms with E-state index in [0.717, 1.165) is 19.6 Å². The van der Waals surface area contributed by atoms with E-state index in [1.807, 2.05) is 17.2 Å². The van der Waals surface area contributed by atoms with Crippen LogP contribution in [-0.2, 0) is 6.54 Å². The second-order valence-corrected chi connectivity index (χ2v) is 6.18. The SMILES string of the molecule is CC1SCCN(CCn2cc(C(=O)NN)nn2)C1C. The monoisotopic (exact) mass is 284 g/mol. The lowest BCUT2D eigenvalue weighted by Gasteiger charge is -2.37. The average molecular weight is 284 g/mol. The van der Waals surface area contributed by atoms with Gasteiger partial charge < -0.3 is 0 Å². The first kappa shape index (κ1) is 14.3. The van der Waals surface area contributed by atoms with E-state index >= 15 is 0 Å². The number of rotatable bonds is 4. The van der Waals surface area contributed by atoms with Gasteiger partial charge in [0.05, 0.1) is 12.7 Å². The lowest BCUT2D eigenvalue weighted by atomic mass is 10.2. The number of nitrogens with one attached hydrogen (secondary N) is 1. The fraction of sp³-hybridized carbons (Fsp3) is 0.727. The van der Waals surface area contributed by atoms with Crippen molar-refractivity contribution in [3.63, 3.8) is 0 Å². The van der Waals surface area contributed by atoms with E-state index in [1.54, 1.807) is 10.9 Å². The molecule has 1 aromatic heterocycles. The molecule has 1 saturated heterocycles. The van der Waals surface area contributed by atoms with Crippen LogP contribution in [0.15, 0.2) is 6.20 Å². The van der Waals surface area contributed by atoms with Crippen molar-refractivity contribution < 1.29 is 4.79 Å². The van der Waals surface area contributed by atoms with Crippen LogP contribution < -0.4 is 11.3 Å². The van der Waals surface area contributed by atoms with Crippen LogP contribution in [0.25, 0.3) is 0 Å². The number of hydrogen-bond acceptors (Lipinski definition) is 6. The predicted molar refractivity (Wildman–Crippen MR) is 74.6 cm³/mol. The summed E-state index contributed by atoms with van der Waals surface area (Å²) in [5.74, 6) is 5.81. The molecule has 0 bridgehead atoms. The number of carbonyl (C=O) groups is 1. The van der Waals surface area contributed by atoms with Crippen molar-refractivity contribution in [3.8, 4) is 0 Å². The maximum atomic E-state index is 11.3. The summed E-state index contributed by atoms with van der Waals surface area (Å²) in [6, 6.07) is 0.564. The van der Waals surface area contributed by atoms with E-state index in [1.165, 1.54) is 5.75 Å². The van der Waals surface area contributed by atoms with Gasteiger partial charge >= 0.3 is 0 Å². The summed E-state index contributed by atoms with van der Waals surface area (Å²) in [6.45, 7) is 7.26. The van der Waals surface area contributed by atoms with Crippen molar-refractivity contribution in [2.45, 2.75) is 31.7 Å². The molecule has 2 rings (SSSR count). The molecule has 106 valence electrons. The Kier molecular flexibility index (Phi) is 4.78. The number of hydrazine groups is 1. The highest BCUT2D eigenvalue weighted by molar-refractivity contribution is 8.00. The molecule has 1 fully saturated rings. The smallest absolute Gasteiger partial charge is 0.287 e. The number of nitrogens with two attached hydrogens (primary N) is 1. The van der Waals surface area contributed by atoms with Crippen LogP contribution in [0.1, 0.15) is 24.3 Å². The third-order valence-electron chi connectivity index (χ3n) is 3.53. The van der Waals surface area contributed by atoms with Gasteiger partial charge in [-0.05, 0) is 6.92 Å². The topological polar surface area (TPSA) is 89.1 Å². The van der Waals surface area contributed by atoms with E-state index in [4.69, 9.17) is 5.84 Å². The molecule has 2 heterocycles. The van der Waals surface area contributed by atoms with Crippen molar-refractivity contribution in [3.05, 3.63) is 11.9 Å². The second kappa shape index (κ2) is 6.36. The fourth-order valence-corrected chi connectivity index (χ4v) is 3.29. The Balaban J connectivity index is 1.88. The number of thioether (sulfide) groups is 1. The van der Waals surface area contributed by atoms with Gasteiger partial charge in [-0.3, -0.25) is 19.8 Å². The Morgan fingerprint density at radius 2 is 2.37 bits per heavy atom. The van der Waals surface area contributed by atoms with E-state index in [2.05, 4.69) is 29.1 Å². The third kappa shape index (κ3) is 3.46. The van der Waals surface area contributed by atoms with Crippen molar-refractivity contribution in [1.29, 1.82) is 0 Å². The van der Waals surface area contributed by atoms with Gasteiger partial charge in [0.25, 0.3) is 5.91 Å². The Morgan fingerprint density at radius 3 is 3.11 bits per heavy atom. The summed E-state index contributed by atoms with van der Waals surface area (Å²) in [4.78, 5) is 13.7. The summed E-state index contributed by atoms with van der Waals surface area (Å²) in [6.07, 6.45) is 1.62. The Morgan fingerprint density at radius 1 is 1.58 bits per heavy atom. The predicted octanol–water partition coefficient (Wildman–Crippen LogP) is -0.293. The van der Waals surface area contributed by atoms with Gasteiger partial charge in [0.2, 0.25) is 0 Å². The first-order chi connectivity index (χ1) is 9.11. The molecule has 3 N–H and O–H groups in total. The molecule has 7 nitrogen and oxygen atoms in total. The summed E-state index contributed by atoms with van der Waals surface area (Å²) in [5, 5.41) is 8.37. The van der Waals surface area contributed by atoms with Crippen LogP contribution in [0, 0.1) is 0 Å². The highest BCUT2D eigenvalue weighted by Crippen LogP contribution is 2.23. The molecule has 2 unspecified atom stereocenters. The van der Waals surface area contributed by atoms with Crippen LogP contribution in [0.5, 0.6) is 0 Å². The van der Waals surface area contributed by atoms with Gasteiger partial charge in [-0.1, -0.05) is 12.1 Å². The van der Waals surface area contributed by atoms with Gasteiger partial charge in [-0.15, -0.1) is 5.10 Å². The first-order valence-electron chi connectivity index (χ1n) is 6.38. The summed E-state index contributed by atoms with van der Waals surface area (Å²) < 4.78 is 1.68. The standard InChI is InChI=1S/C11H20N6OS/c1-8-9(2)19-6-5-16(8)3-4-17-7-10(14-15-17)11(18)13-12/h7-9H,3-6,12H2,1-2H3,(H,13,18). The number of carbonyl (C=O) groups excluding carboxylic acids is 1. The summed E-state index contributed by atoms with van der Waals surface area (Å²) in [7, 11) is 0. The van der Waals surface area contributed by atoms with Crippen LogP contribution in [0.4, 0.5) is 0 Å². The van der Waals surface area contributed by atoms with E-state index in [-0.39, 0.29) is 5.69 Å². The lowest BCUT2D eigenvalue weighted by Crippen LogP contribution is -2.45. The zero-order valence-corrected chi connectivity index (χ0v) is 12.1. The van der Waals surface area contributed by atoms with E-state index in [9.17, 15) is 4.79 Å². The Hall–Kier alpha value is -1.12. The number of amides is 1. The van der Waals surface area contributed by atoms with Crippen molar-refractivity contribution in [2.24, 2.45) is 5.84 Å². The van der Waals surface area contributed by atoms with Crippen LogP contribution in [0.2, 0.25) is 0 Å². The van der Waals surface area contributed by atoms with Gasteiger partial charge in [0.15, 0.2) is 5.69 Å². The third-order valence-corrected chi connectivity index (χ3v) is 4.87. The van der Waals surface area contributed by atoms with Gasteiger partial charge in [0.1, 0.15) is 0 Å². The van der Waals surface area contributed by atoms with Crippen LogP contribution in [-0.4, -0.2) is 55.9 Å². The summed E-state index contributed by atoms with van der Waals surface area (Å²) in [5.41, 5.74) is 2.29. The molecule has 19 heavy (non-hydrogen) atoms. The molecule has 0 spiro atoms.